The van der Waals surface area contributed by atoms with Crippen LogP contribution in [0.15, 0.2) is 23.2 Å². The monoisotopic (exact) mass is 521 g/mol. The van der Waals surface area contributed by atoms with Gasteiger partial charge in [-0.2, -0.15) is 0 Å². The van der Waals surface area contributed by atoms with Gasteiger partial charge < -0.3 is 20.3 Å². The lowest BCUT2D eigenvalue weighted by Gasteiger charge is -2.36. The quantitative estimate of drug-likeness (QED) is 0.250. The fraction of sp³-hybridized carbons (Fsp3) is 0.667. The summed E-state index contributed by atoms with van der Waals surface area (Å²) in [4.78, 5) is 9.43. The van der Waals surface area contributed by atoms with Crippen LogP contribution in [0.2, 0.25) is 0 Å². The lowest BCUT2D eigenvalue weighted by Crippen LogP contribution is -2.52. The highest BCUT2D eigenvalue weighted by Crippen LogP contribution is 2.19. The number of hydrogen-bond donors (Lipinski definition) is 2. The van der Waals surface area contributed by atoms with Crippen molar-refractivity contribution in [1.29, 1.82) is 0 Å². The highest BCUT2D eigenvalue weighted by Gasteiger charge is 2.20. The van der Waals surface area contributed by atoms with E-state index in [4.69, 9.17) is 9.73 Å². The van der Waals surface area contributed by atoms with E-state index in [2.05, 4.69) is 48.1 Å². The zero-order chi connectivity index (χ0) is 20.6. The number of aliphatic imine (C=N–C) groups is 1. The Morgan fingerprint density at radius 2 is 1.90 bits per heavy atom. The van der Waals surface area contributed by atoms with Crippen LogP contribution < -0.4 is 15.4 Å². The van der Waals surface area contributed by atoms with Gasteiger partial charge in [-0.15, -0.1) is 24.0 Å². The summed E-state index contributed by atoms with van der Waals surface area (Å²) >= 11 is 0. The molecule has 1 aliphatic heterocycles. The third-order valence-electron chi connectivity index (χ3n) is 4.66. The van der Waals surface area contributed by atoms with Crippen LogP contribution in [0.1, 0.15) is 33.3 Å². The second-order valence-electron chi connectivity index (χ2n) is 8.14. The van der Waals surface area contributed by atoms with Crippen molar-refractivity contribution in [1.82, 2.24) is 20.4 Å². The molecular weight excluding hydrogens is 484 g/mol. The highest BCUT2D eigenvalue weighted by molar-refractivity contribution is 14.0. The van der Waals surface area contributed by atoms with Crippen LogP contribution in [0.25, 0.3) is 0 Å². The minimum Gasteiger partial charge on any atom is -0.494 e. The topological polar surface area (TPSA) is 52.1 Å². The van der Waals surface area contributed by atoms with E-state index in [1.807, 2.05) is 6.07 Å². The molecular formula is C21H37FIN5O. The lowest BCUT2D eigenvalue weighted by atomic mass is 10.1. The average Bonchev–Trinajstić information content (AvgIpc) is 2.64. The molecule has 2 rings (SSSR count). The van der Waals surface area contributed by atoms with Gasteiger partial charge in [-0.05, 0) is 45.4 Å². The van der Waals surface area contributed by atoms with Gasteiger partial charge in [-0.1, -0.05) is 6.07 Å². The second kappa shape index (κ2) is 12.5. The number of ether oxygens (including phenoxy) is 1. The first kappa shape index (κ1) is 25.9. The molecule has 1 aromatic carbocycles. The summed E-state index contributed by atoms with van der Waals surface area (Å²) in [7, 11) is 1.49. The summed E-state index contributed by atoms with van der Waals surface area (Å²) < 4.78 is 18.9. The number of guanidine groups is 1. The smallest absolute Gasteiger partial charge is 0.194 e. The molecule has 1 fully saturated rings. The van der Waals surface area contributed by atoms with Crippen LogP contribution >= 0.6 is 24.0 Å². The maximum atomic E-state index is 13.9. The van der Waals surface area contributed by atoms with Crippen molar-refractivity contribution in [2.24, 2.45) is 4.99 Å². The fourth-order valence-corrected chi connectivity index (χ4v) is 3.20. The van der Waals surface area contributed by atoms with E-state index in [1.54, 1.807) is 12.1 Å². The molecule has 1 aliphatic rings. The lowest BCUT2D eigenvalue weighted by molar-refractivity contribution is 0.172. The van der Waals surface area contributed by atoms with E-state index >= 15 is 0 Å². The highest BCUT2D eigenvalue weighted by atomic mass is 127. The number of piperazine rings is 1. The number of hydrogen-bond acceptors (Lipinski definition) is 4. The van der Waals surface area contributed by atoms with E-state index in [1.165, 1.54) is 7.11 Å². The minimum absolute atomic E-state index is 0. The van der Waals surface area contributed by atoms with Crippen molar-refractivity contribution >= 4 is 29.9 Å². The average molecular weight is 521 g/mol. The van der Waals surface area contributed by atoms with Gasteiger partial charge >= 0.3 is 0 Å². The molecule has 0 amide bonds. The first-order valence-electron chi connectivity index (χ1n) is 10.2. The second-order valence-corrected chi connectivity index (χ2v) is 8.14. The zero-order valence-corrected chi connectivity index (χ0v) is 20.8. The predicted octanol–water partition coefficient (Wildman–Crippen LogP) is 2.92. The summed E-state index contributed by atoms with van der Waals surface area (Å²) in [5, 5.41) is 6.87. The standard InChI is InChI=1S/C21H36FN5O.HI/c1-6-23-20(24-9-10-25-21(2,3)4)27-13-11-26(12-14-27)16-17-7-8-19(28-5)18(22)15-17;/h7-8,15,25H,6,9-14,16H2,1-5H3,(H,23,24);1H. The zero-order valence-electron chi connectivity index (χ0n) is 18.4. The van der Waals surface area contributed by atoms with Crippen LogP contribution in [0.5, 0.6) is 5.75 Å². The Morgan fingerprint density at radius 1 is 1.21 bits per heavy atom. The van der Waals surface area contributed by atoms with Crippen LogP contribution in [-0.2, 0) is 6.54 Å². The van der Waals surface area contributed by atoms with E-state index in [9.17, 15) is 4.39 Å². The van der Waals surface area contributed by atoms with E-state index in [0.717, 1.165) is 63.9 Å². The van der Waals surface area contributed by atoms with Gasteiger partial charge in [0, 0.05) is 51.4 Å². The first-order valence-corrected chi connectivity index (χ1v) is 10.2. The summed E-state index contributed by atoms with van der Waals surface area (Å²) in [6, 6.07) is 5.20. The summed E-state index contributed by atoms with van der Waals surface area (Å²) in [6.07, 6.45) is 0. The van der Waals surface area contributed by atoms with Gasteiger partial charge in [-0.25, -0.2) is 4.39 Å². The minimum atomic E-state index is -0.302. The molecule has 166 valence electrons. The number of halogens is 2. The third kappa shape index (κ3) is 9.04. The van der Waals surface area contributed by atoms with Crippen molar-refractivity contribution in [3.05, 3.63) is 29.6 Å². The maximum absolute atomic E-state index is 13.9. The van der Waals surface area contributed by atoms with Crippen molar-refractivity contribution in [3.8, 4) is 5.75 Å². The van der Waals surface area contributed by atoms with Gasteiger partial charge in [0.05, 0.1) is 13.7 Å². The largest absolute Gasteiger partial charge is 0.494 e. The SMILES string of the molecule is CCNC(=NCCNC(C)(C)C)N1CCN(Cc2ccc(OC)c(F)c2)CC1.I. The number of benzene rings is 1. The maximum Gasteiger partial charge on any atom is 0.194 e. The van der Waals surface area contributed by atoms with Crippen LogP contribution in [0.4, 0.5) is 4.39 Å². The summed E-state index contributed by atoms with van der Waals surface area (Å²) in [5.74, 6) is 0.971. The van der Waals surface area contributed by atoms with Crippen LogP contribution in [0.3, 0.4) is 0 Å². The Kier molecular flexibility index (Phi) is 11.2. The van der Waals surface area contributed by atoms with Gasteiger partial charge in [0.2, 0.25) is 0 Å². The van der Waals surface area contributed by atoms with Crippen LogP contribution in [0, 0.1) is 5.82 Å². The molecule has 2 N–H and O–H groups in total. The molecule has 0 atom stereocenters. The molecule has 29 heavy (non-hydrogen) atoms. The Hall–Kier alpha value is -1.13. The normalized spacial score (nSPS) is 15.8. The van der Waals surface area contributed by atoms with Gasteiger partial charge in [0.15, 0.2) is 17.5 Å². The molecule has 1 heterocycles. The molecule has 8 heteroatoms. The molecule has 6 nitrogen and oxygen atoms in total. The molecule has 0 spiro atoms. The molecule has 0 aliphatic carbocycles. The molecule has 0 bridgehead atoms. The van der Waals surface area contributed by atoms with E-state index in [0.29, 0.717) is 5.75 Å². The number of methoxy groups -OCH3 is 1. The van der Waals surface area contributed by atoms with E-state index < -0.39 is 0 Å². The Balaban J connectivity index is 0.00000420. The first-order chi connectivity index (χ1) is 13.3. The summed E-state index contributed by atoms with van der Waals surface area (Å²) in [6.45, 7) is 15.5. The van der Waals surface area contributed by atoms with Gasteiger partial charge in [0.1, 0.15) is 0 Å². The van der Waals surface area contributed by atoms with E-state index in [-0.39, 0.29) is 35.3 Å². The molecule has 0 saturated carbocycles. The molecule has 0 radical (unpaired) electrons. The van der Waals surface area contributed by atoms with Gasteiger partial charge in [-0.3, -0.25) is 9.89 Å². The fourth-order valence-electron chi connectivity index (χ4n) is 3.20. The predicted molar refractivity (Wildman–Crippen MR) is 129 cm³/mol. The molecule has 1 saturated heterocycles. The Labute approximate surface area is 192 Å². The third-order valence-corrected chi connectivity index (χ3v) is 4.66. The van der Waals surface area contributed by atoms with Crippen molar-refractivity contribution in [3.63, 3.8) is 0 Å². The Morgan fingerprint density at radius 3 is 2.45 bits per heavy atom. The molecule has 1 aromatic rings. The summed E-state index contributed by atoms with van der Waals surface area (Å²) in [5.41, 5.74) is 1.08. The van der Waals surface area contributed by atoms with Crippen molar-refractivity contribution in [2.45, 2.75) is 39.8 Å². The molecule has 0 aromatic heterocycles. The molecule has 0 unspecified atom stereocenters. The van der Waals surface area contributed by atoms with Crippen molar-refractivity contribution in [2.75, 3.05) is 52.9 Å². The van der Waals surface area contributed by atoms with Gasteiger partial charge in [0.25, 0.3) is 0 Å². The number of nitrogens with zero attached hydrogens (tertiary/aromatic N) is 3. The van der Waals surface area contributed by atoms with Crippen LogP contribution in [-0.4, -0.2) is 74.2 Å². The Bertz CT molecular complexity index is 642. The van der Waals surface area contributed by atoms with Crippen molar-refractivity contribution < 1.29 is 9.13 Å². The number of nitrogens with one attached hydrogen (secondary N) is 2. The number of rotatable bonds is 7.